The van der Waals surface area contributed by atoms with Gasteiger partial charge in [-0.3, -0.25) is 14.2 Å². The molecule has 1 saturated carbocycles. The van der Waals surface area contributed by atoms with Gasteiger partial charge < -0.3 is 5.11 Å². The molecule has 0 saturated heterocycles. The monoisotopic (exact) mass is 286 g/mol. The Morgan fingerprint density at radius 1 is 1.33 bits per heavy atom. The van der Waals surface area contributed by atoms with E-state index in [1.54, 1.807) is 16.7 Å². The molecule has 0 spiro atoms. The van der Waals surface area contributed by atoms with Crippen LogP contribution in [0.2, 0.25) is 0 Å². The second-order valence-corrected chi connectivity index (χ2v) is 5.65. The summed E-state index contributed by atoms with van der Waals surface area (Å²) in [6.07, 6.45) is 3.78. The van der Waals surface area contributed by atoms with Gasteiger partial charge in [0.1, 0.15) is 5.82 Å². The highest BCUT2D eigenvalue weighted by atomic mass is 16.4. The van der Waals surface area contributed by atoms with Crippen LogP contribution in [0, 0.1) is 5.92 Å². The minimum atomic E-state index is -0.868. The lowest BCUT2D eigenvalue weighted by molar-refractivity contribution is -0.137. The van der Waals surface area contributed by atoms with Gasteiger partial charge in [0.2, 0.25) is 0 Å². The largest absolute Gasteiger partial charge is 0.481 e. The molecule has 1 aliphatic rings. The summed E-state index contributed by atoms with van der Waals surface area (Å²) in [5, 5.41) is 9.48. The van der Waals surface area contributed by atoms with Gasteiger partial charge in [0.25, 0.3) is 5.56 Å². The highest BCUT2D eigenvalue weighted by Gasteiger charge is 2.21. The van der Waals surface area contributed by atoms with Crippen LogP contribution in [0.4, 0.5) is 0 Å². The molecule has 0 radical (unpaired) electrons. The number of carboxylic acids is 1. The average Bonchev–Trinajstić information content (AvgIpc) is 2.42. The molecule has 1 aliphatic carbocycles. The fraction of sp³-hybridized carbons (Fsp3) is 0.438. The van der Waals surface area contributed by atoms with Gasteiger partial charge in [-0.2, -0.15) is 0 Å². The molecule has 0 aliphatic heterocycles. The standard InChI is InChI=1S/C16H18N2O3/c19-15(20)9-8-14-17-13-7-2-1-6-12(13)16(21)18(14)10-11-4-3-5-11/h1-2,6-7,11H,3-5,8-10H2,(H,19,20). The molecule has 1 aromatic carbocycles. The Labute approximate surface area is 122 Å². The third-order valence-corrected chi connectivity index (χ3v) is 4.17. The molecule has 2 aromatic rings. The summed E-state index contributed by atoms with van der Waals surface area (Å²) in [5.74, 6) is 0.245. The summed E-state index contributed by atoms with van der Waals surface area (Å²) in [7, 11) is 0. The maximum atomic E-state index is 12.6. The Bertz CT molecular complexity index is 732. The molecular formula is C16H18N2O3. The number of benzene rings is 1. The topological polar surface area (TPSA) is 72.2 Å². The molecule has 0 bridgehead atoms. The van der Waals surface area contributed by atoms with Crippen molar-refractivity contribution in [2.75, 3.05) is 0 Å². The Hall–Kier alpha value is -2.17. The molecule has 5 heteroatoms. The number of carboxylic acid groups (broad SMARTS) is 1. The first kappa shape index (κ1) is 13.8. The van der Waals surface area contributed by atoms with Crippen LogP contribution in [0.5, 0.6) is 0 Å². The number of para-hydroxylation sites is 1. The van der Waals surface area contributed by atoms with Crippen molar-refractivity contribution < 1.29 is 9.90 Å². The minimum Gasteiger partial charge on any atom is -0.481 e. The van der Waals surface area contributed by atoms with Crippen molar-refractivity contribution in [1.29, 1.82) is 0 Å². The van der Waals surface area contributed by atoms with Crippen molar-refractivity contribution in [2.24, 2.45) is 5.92 Å². The molecule has 1 N–H and O–H groups in total. The van der Waals surface area contributed by atoms with Crippen LogP contribution < -0.4 is 5.56 Å². The van der Waals surface area contributed by atoms with Crippen LogP contribution in [0.25, 0.3) is 10.9 Å². The zero-order chi connectivity index (χ0) is 14.8. The maximum Gasteiger partial charge on any atom is 0.303 e. The van der Waals surface area contributed by atoms with E-state index in [9.17, 15) is 9.59 Å². The molecule has 3 rings (SSSR count). The number of aryl methyl sites for hydroxylation is 1. The van der Waals surface area contributed by atoms with Crippen LogP contribution in [0.3, 0.4) is 0 Å². The van der Waals surface area contributed by atoms with Crippen LogP contribution in [0.15, 0.2) is 29.1 Å². The first-order valence-corrected chi connectivity index (χ1v) is 7.35. The molecule has 0 atom stereocenters. The van der Waals surface area contributed by atoms with E-state index in [2.05, 4.69) is 4.98 Å². The number of fused-ring (bicyclic) bond motifs is 1. The van der Waals surface area contributed by atoms with Gasteiger partial charge in [0.05, 0.1) is 17.3 Å². The van der Waals surface area contributed by atoms with E-state index in [1.807, 2.05) is 12.1 Å². The first-order chi connectivity index (χ1) is 10.1. The van der Waals surface area contributed by atoms with E-state index in [0.717, 1.165) is 12.8 Å². The Kier molecular flexibility index (Phi) is 3.73. The van der Waals surface area contributed by atoms with Crippen LogP contribution in [-0.4, -0.2) is 20.6 Å². The predicted octanol–water partition coefficient (Wildman–Crippen LogP) is 2.21. The maximum absolute atomic E-state index is 12.6. The SMILES string of the molecule is O=C(O)CCc1nc2ccccc2c(=O)n1CC1CCC1. The lowest BCUT2D eigenvalue weighted by Crippen LogP contribution is -2.31. The zero-order valence-corrected chi connectivity index (χ0v) is 11.8. The molecule has 5 nitrogen and oxygen atoms in total. The molecule has 1 fully saturated rings. The van der Waals surface area contributed by atoms with E-state index in [4.69, 9.17) is 5.11 Å². The number of hydrogen-bond acceptors (Lipinski definition) is 3. The van der Waals surface area contributed by atoms with E-state index in [0.29, 0.717) is 35.6 Å². The average molecular weight is 286 g/mol. The van der Waals surface area contributed by atoms with Crippen molar-refractivity contribution in [1.82, 2.24) is 9.55 Å². The van der Waals surface area contributed by atoms with Crippen molar-refractivity contribution in [3.8, 4) is 0 Å². The number of aliphatic carboxylic acids is 1. The summed E-state index contributed by atoms with van der Waals surface area (Å²) in [4.78, 5) is 28.0. The minimum absolute atomic E-state index is 0.00452. The second-order valence-electron chi connectivity index (χ2n) is 5.65. The van der Waals surface area contributed by atoms with Crippen molar-refractivity contribution in [2.45, 2.75) is 38.6 Å². The zero-order valence-electron chi connectivity index (χ0n) is 11.8. The number of hydrogen-bond donors (Lipinski definition) is 1. The Balaban J connectivity index is 2.05. The number of rotatable bonds is 5. The Morgan fingerprint density at radius 2 is 2.10 bits per heavy atom. The molecule has 0 unspecified atom stereocenters. The lowest BCUT2D eigenvalue weighted by atomic mass is 9.85. The normalized spacial score (nSPS) is 15.0. The summed E-state index contributed by atoms with van der Waals surface area (Å²) < 4.78 is 1.69. The van der Waals surface area contributed by atoms with E-state index < -0.39 is 5.97 Å². The van der Waals surface area contributed by atoms with Gasteiger partial charge in [-0.25, -0.2) is 4.98 Å². The third-order valence-electron chi connectivity index (χ3n) is 4.17. The lowest BCUT2D eigenvalue weighted by Gasteiger charge is -2.27. The second kappa shape index (κ2) is 5.68. The fourth-order valence-electron chi connectivity index (χ4n) is 2.75. The summed E-state index contributed by atoms with van der Waals surface area (Å²) in [6.45, 7) is 0.658. The predicted molar refractivity (Wildman–Crippen MR) is 79.3 cm³/mol. The van der Waals surface area contributed by atoms with Crippen molar-refractivity contribution in [3.05, 3.63) is 40.4 Å². The van der Waals surface area contributed by atoms with E-state index >= 15 is 0 Å². The Morgan fingerprint density at radius 3 is 2.76 bits per heavy atom. The molecule has 0 amide bonds. The van der Waals surface area contributed by atoms with Gasteiger partial charge in [-0.15, -0.1) is 0 Å². The molecular weight excluding hydrogens is 268 g/mol. The van der Waals surface area contributed by atoms with Gasteiger partial charge in [0, 0.05) is 13.0 Å². The molecule has 1 heterocycles. The quantitative estimate of drug-likeness (QED) is 0.914. The van der Waals surface area contributed by atoms with Gasteiger partial charge in [-0.1, -0.05) is 18.6 Å². The van der Waals surface area contributed by atoms with Crippen LogP contribution in [-0.2, 0) is 17.8 Å². The first-order valence-electron chi connectivity index (χ1n) is 7.35. The molecule has 110 valence electrons. The van der Waals surface area contributed by atoms with E-state index in [1.165, 1.54) is 6.42 Å². The molecule has 1 aromatic heterocycles. The fourth-order valence-corrected chi connectivity index (χ4v) is 2.75. The molecule has 21 heavy (non-hydrogen) atoms. The number of carbonyl (C=O) groups is 1. The third kappa shape index (κ3) is 2.82. The van der Waals surface area contributed by atoms with Gasteiger partial charge in [0.15, 0.2) is 0 Å². The summed E-state index contributed by atoms with van der Waals surface area (Å²) in [6, 6.07) is 7.25. The van der Waals surface area contributed by atoms with Gasteiger partial charge in [-0.05, 0) is 30.9 Å². The highest BCUT2D eigenvalue weighted by molar-refractivity contribution is 5.77. The summed E-state index contributed by atoms with van der Waals surface area (Å²) in [5.41, 5.74) is 0.598. The highest BCUT2D eigenvalue weighted by Crippen LogP contribution is 2.28. The van der Waals surface area contributed by atoms with Crippen molar-refractivity contribution >= 4 is 16.9 Å². The van der Waals surface area contributed by atoms with Gasteiger partial charge >= 0.3 is 5.97 Å². The number of aromatic nitrogens is 2. The summed E-state index contributed by atoms with van der Waals surface area (Å²) >= 11 is 0. The van der Waals surface area contributed by atoms with E-state index in [-0.39, 0.29) is 12.0 Å². The smallest absolute Gasteiger partial charge is 0.303 e. The number of nitrogens with zero attached hydrogens (tertiary/aromatic N) is 2. The van der Waals surface area contributed by atoms with Crippen LogP contribution in [0.1, 0.15) is 31.5 Å². The van der Waals surface area contributed by atoms with Crippen molar-refractivity contribution in [3.63, 3.8) is 0 Å². The van der Waals surface area contributed by atoms with Crippen LogP contribution >= 0.6 is 0 Å².